The van der Waals surface area contributed by atoms with Crippen molar-refractivity contribution in [3.63, 3.8) is 0 Å². The highest BCUT2D eigenvalue weighted by Gasteiger charge is 2.36. The van der Waals surface area contributed by atoms with Crippen LogP contribution in [0.15, 0.2) is 51.8 Å². The van der Waals surface area contributed by atoms with Crippen LogP contribution in [0.4, 0.5) is 16.4 Å². The van der Waals surface area contributed by atoms with Gasteiger partial charge in [-0.2, -0.15) is 0 Å². The van der Waals surface area contributed by atoms with Gasteiger partial charge in [0, 0.05) is 25.2 Å². The van der Waals surface area contributed by atoms with E-state index in [1.54, 1.807) is 30.3 Å². The van der Waals surface area contributed by atoms with E-state index in [4.69, 9.17) is 4.42 Å². The van der Waals surface area contributed by atoms with E-state index >= 15 is 0 Å². The van der Waals surface area contributed by atoms with Crippen LogP contribution in [0.1, 0.15) is 18.6 Å². The lowest BCUT2D eigenvalue weighted by atomic mass is 10.3. The fourth-order valence-corrected chi connectivity index (χ4v) is 3.75. The number of imide groups is 1. The van der Waals surface area contributed by atoms with Crippen molar-refractivity contribution in [2.45, 2.75) is 12.8 Å². The van der Waals surface area contributed by atoms with E-state index in [0.29, 0.717) is 16.4 Å². The smallest absolute Gasteiger partial charge is 0.298 e. The Balaban J connectivity index is 1.57. The summed E-state index contributed by atoms with van der Waals surface area (Å²) in [6.07, 6.45) is 3.99. The van der Waals surface area contributed by atoms with Gasteiger partial charge in [-0.1, -0.05) is 18.2 Å². The highest BCUT2D eigenvalue weighted by Crippen LogP contribution is 2.36. The van der Waals surface area contributed by atoms with Crippen LogP contribution in [0.25, 0.3) is 6.08 Å². The molecule has 122 valence electrons. The quantitative estimate of drug-likeness (QED) is 0.787. The Kier molecular flexibility index (Phi) is 3.90. The molecule has 5 nitrogen and oxygen atoms in total. The third-order valence-corrected chi connectivity index (χ3v) is 4.98. The van der Waals surface area contributed by atoms with Gasteiger partial charge in [-0.15, -0.1) is 0 Å². The molecule has 0 aliphatic carbocycles. The second-order valence-corrected chi connectivity index (χ2v) is 6.72. The van der Waals surface area contributed by atoms with Gasteiger partial charge in [0.1, 0.15) is 5.76 Å². The molecule has 2 aliphatic rings. The molecular weight excluding hydrogens is 324 g/mol. The van der Waals surface area contributed by atoms with Gasteiger partial charge in [0.05, 0.1) is 10.6 Å². The molecule has 0 saturated carbocycles. The van der Waals surface area contributed by atoms with Crippen LogP contribution in [0.3, 0.4) is 0 Å². The summed E-state index contributed by atoms with van der Waals surface area (Å²) < 4.78 is 5.81. The topological polar surface area (TPSA) is 53.8 Å². The Morgan fingerprint density at radius 3 is 2.50 bits per heavy atom. The second-order valence-electron chi connectivity index (χ2n) is 5.72. The van der Waals surface area contributed by atoms with Crippen LogP contribution in [0.2, 0.25) is 0 Å². The number of para-hydroxylation sites is 1. The standard InChI is InChI=1S/C18H16N2O3S/c21-17-15(24-18(22)20(17)13-6-2-1-3-7-13)12-14-8-9-16(23-14)19-10-4-5-11-19/h1-3,6-9,12H,4-5,10-11H2/b15-12+. The number of furan rings is 1. The molecule has 0 spiro atoms. The van der Waals surface area contributed by atoms with Gasteiger partial charge in [-0.25, -0.2) is 4.90 Å². The monoisotopic (exact) mass is 340 g/mol. The highest BCUT2D eigenvalue weighted by atomic mass is 32.2. The van der Waals surface area contributed by atoms with Crippen LogP contribution in [0.5, 0.6) is 0 Å². The molecule has 2 fully saturated rings. The van der Waals surface area contributed by atoms with Crippen molar-refractivity contribution in [1.29, 1.82) is 0 Å². The third-order valence-electron chi connectivity index (χ3n) is 4.11. The summed E-state index contributed by atoms with van der Waals surface area (Å²) in [5.74, 6) is 1.10. The number of carbonyl (C=O) groups excluding carboxylic acids is 2. The summed E-state index contributed by atoms with van der Waals surface area (Å²) >= 11 is 0.938. The largest absolute Gasteiger partial charge is 0.441 e. The Bertz CT molecular complexity index is 807. The lowest BCUT2D eigenvalue weighted by molar-refractivity contribution is -0.113. The molecule has 24 heavy (non-hydrogen) atoms. The fourth-order valence-electron chi connectivity index (χ4n) is 2.92. The molecule has 0 atom stereocenters. The number of thioether (sulfide) groups is 1. The molecule has 2 saturated heterocycles. The van der Waals surface area contributed by atoms with Crippen LogP contribution >= 0.6 is 11.8 Å². The zero-order valence-electron chi connectivity index (χ0n) is 13.0. The minimum atomic E-state index is -0.310. The van der Waals surface area contributed by atoms with E-state index < -0.39 is 0 Å². The van der Waals surface area contributed by atoms with Crippen LogP contribution in [-0.2, 0) is 4.79 Å². The SMILES string of the molecule is O=C1S/C(=C/c2ccc(N3CCCC3)o2)C(=O)N1c1ccccc1. The van der Waals surface area contributed by atoms with Gasteiger partial charge >= 0.3 is 0 Å². The molecule has 2 amide bonds. The van der Waals surface area contributed by atoms with E-state index in [-0.39, 0.29) is 11.1 Å². The maximum atomic E-state index is 12.5. The van der Waals surface area contributed by atoms with Crippen LogP contribution in [0, 0.1) is 0 Å². The molecule has 2 aliphatic heterocycles. The van der Waals surface area contributed by atoms with Gasteiger partial charge in [0.2, 0.25) is 0 Å². The Morgan fingerprint density at radius 1 is 1.00 bits per heavy atom. The fraction of sp³-hybridized carbons (Fsp3) is 0.222. The van der Waals surface area contributed by atoms with Gasteiger partial charge in [-0.3, -0.25) is 9.59 Å². The number of hydrogen-bond donors (Lipinski definition) is 0. The molecule has 0 bridgehead atoms. The number of amides is 2. The molecule has 2 aromatic rings. The van der Waals surface area contributed by atoms with E-state index in [9.17, 15) is 9.59 Å². The number of carbonyl (C=O) groups is 2. The third kappa shape index (κ3) is 2.73. The Morgan fingerprint density at radius 2 is 1.75 bits per heavy atom. The van der Waals surface area contributed by atoms with E-state index in [0.717, 1.165) is 30.7 Å². The van der Waals surface area contributed by atoms with Gasteiger partial charge in [0.15, 0.2) is 5.88 Å². The minimum absolute atomic E-state index is 0.288. The number of anilines is 2. The number of hydrogen-bond acceptors (Lipinski definition) is 5. The predicted octanol–water partition coefficient (Wildman–Crippen LogP) is 4.12. The van der Waals surface area contributed by atoms with Gasteiger partial charge < -0.3 is 9.32 Å². The molecule has 0 unspecified atom stereocenters. The molecule has 0 radical (unpaired) electrons. The van der Waals surface area contributed by atoms with Crippen molar-refractivity contribution in [1.82, 2.24) is 0 Å². The molecule has 3 heterocycles. The summed E-state index contributed by atoms with van der Waals surface area (Å²) in [5.41, 5.74) is 0.584. The van der Waals surface area contributed by atoms with E-state index in [1.165, 1.54) is 17.7 Å². The van der Waals surface area contributed by atoms with E-state index in [1.807, 2.05) is 18.2 Å². The summed E-state index contributed by atoms with van der Waals surface area (Å²) in [6, 6.07) is 12.7. The summed E-state index contributed by atoms with van der Waals surface area (Å²) in [6.45, 7) is 1.99. The van der Waals surface area contributed by atoms with Crippen LogP contribution < -0.4 is 9.80 Å². The second kappa shape index (κ2) is 6.20. The summed E-state index contributed by atoms with van der Waals surface area (Å²) in [7, 11) is 0. The number of benzene rings is 1. The maximum Gasteiger partial charge on any atom is 0.298 e. The Hall–Kier alpha value is -2.47. The van der Waals surface area contributed by atoms with Crippen molar-refractivity contribution in [3.8, 4) is 0 Å². The lowest BCUT2D eigenvalue weighted by Gasteiger charge is -2.12. The van der Waals surface area contributed by atoms with Crippen molar-refractivity contribution in [3.05, 3.63) is 53.1 Å². The van der Waals surface area contributed by atoms with Crippen molar-refractivity contribution >= 4 is 40.6 Å². The van der Waals surface area contributed by atoms with Gasteiger partial charge in [0.25, 0.3) is 11.1 Å². The average Bonchev–Trinajstić information content (AvgIpc) is 3.31. The van der Waals surface area contributed by atoms with E-state index in [2.05, 4.69) is 4.90 Å². The summed E-state index contributed by atoms with van der Waals surface area (Å²) in [5, 5.41) is -0.288. The predicted molar refractivity (Wildman–Crippen MR) is 95.0 cm³/mol. The molecular formula is C18H16N2O3S. The highest BCUT2D eigenvalue weighted by molar-refractivity contribution is 8.19. The summed E-state index contributed by atoms with van der Waals surface area (Å²) in [4.78, 5) is 28.5. The number of nitrogens with zero attached hydrogens (tertiary/aromatic N) is 2. The first-order valence-corrected chi connectivity index (χ1v) is 8.72. The zero-order valence-corrected chi connectivity index (χ0v) is 13.8. The molecule has 4 rings (SSSR count). The molecule has 6 heteroatoms. The minimum Gasteiger partial charge on any atom is -0.441 e. The molecule has 1 aromatic heterocycles. The Labute approximate surface area is 143 Å². The first-order chi connectivity index (χ1) is 11.7. The molecule has 0 N–H and O–H groups in total. The average molecular weight is 340 g/mol. The first kappa shape index (κ1) is 15.1. The van der Waals surface area contributed by atoms with Crippen LogP contribution in [-0.4, -0.2) is 24.2 Å². The lowest BCUT2D eigenvalue weighted by Crippen LogP contribution is -2.27. The van der Waals surface area contributed by atoms with Crippen molar-refractivity contribution < 1.29 is 14.0 Å². The van der Waals surface area contributed by atoms with Gasteiger partial charge in [-0.05, 0) is 42.8 Å². The zero-order chi connectivity index (χ0) is 16.5. The van der Waals surface area contributed by atoms with Crippen molar-refractivity contribution in [2.75, 3.05) is 22.9 Å². The maximum absolute atomic E-state index is 12.5. The normalized spacial score (nSPS) is 19.8. The number of rotatable bonds is 3. The first-order valence-electron chi connectivity index (χ1n) is 7.90. The van der Waals surface area contributed by atoms with Crippen molar-refractivity contribution in [2.24, 2.45) is 0 Å². The molecule has 1 aromatic carbocycles.